The van der Waals surface area contributed by atoms with Crippen molar-refractivity contribution in [1.82, 2.24) is 9.97 Å². The second-order valence-electron chi connectivity index (χ2n) is 3.68. The average molecular weight is 269 g/mol. The van der Waals surface area contributed by atoms with E-state index < -0.39 is 0 Å². The van der Waals surface area contributed by atoms with E-state index in [1.54, 1.807) is 23.1 Å². The number of thioether (sulfide) groups is 1. The molecule has 0 aliphatic rings. The summed E-state index contributed by atoms with van der Waals surface area (Å²) in [5.41, 5.74) is 0. The standard InChI is InChI=1S/C11H15N3OS2/c1-7(5-15)17-6-9-13-10(12-2)8-3-4-16-11(8)14-9/h3-4,7,15H,5-6H2,1-2H3,(H,12,13,14). The van der Waals surface area contributed by atoms with Crippen LogP contribution in [0.4, 0.5) is 5.82 Å². The number of aliphatic hydroxyl groups excluding tert-OH is 1. The van der Waals surface area contributed by atoms with Crippen molar-refractivity contribution in [2.45, 2.75) is 17.9 Å². The van der Waals surface area contributed by atoms with Crippen LogP contribution in [0.25, 0.3) is 10.2 Å². The summed E-state index contributed by atoms with van der Waals surface area (Å²) in [6.07, 6.45) is 0. The molecule has 1 atom stereocenters. The maximum Gasteiger partial charge on any atom is 0.142 e. The van der Waals surface area contributed by atoms with Crippen LogP contribution in [0, 0.1) is 0 Å². The van der Waals surface area contributed by atoms with Crippen LogP contribution in [0.5, 0.6) is 0 Å². The third-order valence-electron chi connectivity index (χ3n) is 2.36. The Labute approximate surface area is 108 Å². The normalized spacial score (nSPS) is 12.9. The lowest BCUT2D eigenvalue weighted by molar-refractivity contribution is 0.300. The SMILES string of the molecule is CNc1nc(CSC(C)CO)nc2sccc12. The quantitative estimate of drug-likeness (QED) is 0.872. The van der Waals surface area contributed by atoms with E-state index in [9.17, 15) is 0 Å². The molecule has 2 aromatic heterocycles. The smallest absolute Gasteiger partial charge is 0.142 e. The zero-order valence-electron chi connectivity index (χ0n) is 9.80. The Kier molecular flexibility index (Phi) is 4.20. The predicted molar refractivity (Wildman–Crippen MR) is 74.8 cm³/mol. The number of hydrogen-bond acceptors (Lipinski definition) is 6. The molecule has 2 aromatic rings. The molecular weight excluding hydrogens is 254 g/mol. The summed E-state index contributed by atoms with van der Waals surface area (Å²) in [6.45, 7) is 2.18. The number of thiophene rings is 1. The molecule has 0 aromatic carbocycles. The lowest BCUT2D eigenvalue weighted by Crippen LogP contribution is -2.05. The van der Waals surface area contributed by atoms with Gasteiger partial charge in [-0.3, -0.25) is 0 Å². The van der Waals surface area contributed by atoms with Crippen molar-refractivity contribution < 1.29 is 5.11 Å². The van der Waals surface area contributed by atoms with Crippen molar-refractivity contribution in [3.05, 3.63) is 17.3 Å². The average Bonchev–Trinajstić information content (AvgIpc) is 2.82. The number of nitrogens with zero attached hydrogens (tertiary/aromatic N) is 2. The zero-order valence-corrected chi connectivity index (χ0v) is 11.4. The highest BCUT2D eigenvalue weighted by Gasteiger charge is 2.09. The molecule has 0 radical (unpaired) electrons. The maximum absolute atomic E-state index is 8.98. The fourth-order valence-corrected chi connectivity index (χ4v) is 2.88. The Morgan fingerprint density at radius 1 is 1.53 bits per heavy atom. The topological polar surface area (TPSA) is 58.0 Å². The van der Waals surface area contributed by atoms with Gasteiger partial charge >= 0.3 is 0 Å². The van der Waals surface area contributed by atoms with E-state index in [1.165, 1.54) is 0 Å². The van der Waals surface area contributed by atoms with E-state index in [4.69, 9.17) is 5.11 Å². The molecule has 2 N–H and O–H groups in total. The lowest BCUT2D eigenvalue weighted by atomic mass is 10.4. The Morgan fingerprint density at radius 2 is 2.35 bits per heavy atom. The van der Waals surface area contributed by atoms with Gasteiger partial charge in [0.15, 0.2) is 0 Å². The molecule has 1 unspecified atom stereocenters. The van der Waals surface area contributed by atoms with Crippen LogP contribution in [0.2, 0.25) is 0 Å². The third-order valence-corrected chi connectivity index (χ3v) is 4.31. The van der Waals surface area contributed by atoms with Gasteiger partial charge in [-0.05, 0) is 11.4 Å². The molecule has 92 valence electrons. The summed E-state index contributed by atoms with van der Waals surface area (Å²) in [7, 11) is 1.87. The highest BCUT2D eigenvalue weighted by molar-refractivity contribution is 7.99. The molecule has 0 amide bonds. The summed E-state index contributed by atoms with van der Waals surface area (Å²) < 4.78 is 0. The number of fused-ring (bicyclic) bond motifs is 1. The van der Waals surface area contributed by atoms with Gasteiger partial charge < -0.3 is 10.4 Å². The molecule has 0 saturated carbocycles. The molecule has 0 spiro atoms. The molecule has 4 nitrogen and oxygen atoms in total. The number of rotatable bonds is 5. The molecule has 2 rings (SSSR count). The van der Waals surface area contributed by atoms with Gasteiger partial charge in [-0.25, -0.2) is 9.97 Å². The van der Waals surface area contributed by atoms with Crippen molar-refractivity contribution in [3.8, 4) is 0 Å². The van der Waals surface area contributed by atoms with E-state index >= 15 is 0 Å². The minimum Gasteiger partial charge on any atom is -0.395 e. The van der Waals surface area contributed by atoms with Crippen LogP contribution in [0.15, 0.2) is 11.4 Å². The van der Waals surface area contributed by atoms with Gasteiger partial charge in [0.25, 0.3) is 0 Å². The molecule has 0 bridgehead atoms. The van der Waals surface area contributed by atoms with E-state index in [-0.39, 0.29) is 11.9 Å². The van der Waals surface area contributed by atoms with Crippen LogP contribution >= 0.6 is 23.1 Å². The first kappa shape index (κ1) is 12.6. The minimum absolute atomic E-state index is 0.185. The number of aromatic nitrogens is 2. The number of anilines is 1. The van der Waals surface area contributed by atoms with E-state index in [1.807, 2.05) is 25.4 Å². The second kappa shape index (κ2) is 5.66. The van der Waals surface area contributed by atoms with E-state index in [0.717, 1.165) is 27.6 Å². The third kappa shape index (κ3) is 2.88. The number of aliphatic hydroxyl groups is 1. The van der Waals surface area contributed by atoms with Crippen LogP contribution < -0.4 is 5.32 Å². The number of nitrogens with one attached hydrogen (secondary N) is 1. The molecule has 2 heterocycles. The van der Waals surface area contributed by atoms with Gasteiger partial charge in [0.05, 0.1) is 17.7 Å². The van der Waals surface area contributed by atoms with Crippen LogP contribution in [-0.4, -0.2) is 34.0 Å². The van der Waals surface area contributed by atoms with Gasteiger partial charge in [0, 0.05) is 12.3 Å². The molecule has 17 heavy (non-hydrogen) atoms. The summed E-state index contributed by atoms with van der Waals surface area (Å²) >= 11 is 3.28. The zero-order chi connectivity index (χ0) is 12.3. The fraction of sp³-hybridized carbons (Fsp3) is 0.455. The Balaban J connectivity index is 2.22. The fourth-order valence-electron chi connectivity index (χ4n) is 1.42. The van der Waals surface area contributed by atoms with Gasteiger partial charge in [0.1, 0.15) is 16.5 Å². The van der Waals surface area contributed by atoms with Gasteiger partial charge in [-0.2, -0.15) is 0 Å². The van der Waals surface area contributed by atoms with Crippen LogP contribution in [-0.2, 0) is 5.75 Å². The summed E-state index contributed by atoms with van der Waals surface area (Å²) in [5, 5.41) is 15.4. The van der Waals surface area contributed by atoms with E-state index in [0.29, 0.717) is 0 Å². The Hall–Kier alpha value is -0.850. The van der Waals surface area contributed by atoms with Crippen LogP contribution in [0.1, 0.15) is 12.7 Å². The Morgan fingerprint density at radius 3 is 3.06 bits per heavy atom. The summed E-state index contributed by atoms with van der Waals surface area (Å²) in [5.74, 6) is 2.42. The van der Waals surface area contributed by atoms with Gasteiger partial charge in [-0.15, -0.1) is 23.1 Å². The summed E-state index contributed by atoms with van der Waals surface area (Å²) in [4.78, 5) is 10.0. The van der Waals surface area contributed by atoms with Gasteiger partial charge in [0.2, 0.25) is 0 Å². The van der Waals surface area contributed by atoms with Crippen LogP contribution in [0.3, 0.4) is 0 Å². The Bertz CT molecular complexity index is 500. The van der Waals surface area contributed by atoms with Crippen molar-refractivity contribution in [2.24, 2.45) is 0 Å². The monoisotopic (exact) mass is 269 g/mol. The summed E-state index contributed by atoms with van der Waals surface area (Å²) in [6, 6.07) is 2.03. The van der Waals surface area contributed by atoms with Crippen molar-refractivity contribution in [1.29, 1.82) is 0 Å². The highest BCUT2D eigenvalue weighted by atomic mass is 32.2. The number of hydrogen-bond donors (Lipinski definition) is 2. The van der Waals surface area contributed by atoms with E-state index in [2.05, 4.69) is 15.3 Å². The van der Waals surface area contributed by atoms with Crippen molar-refractivity contribution in [3.63, 3.8) is 0 Å². The molecule has 6 heteroatoms. The first-order valence-corrected chi connectivity index (χ1v) is 7.31. The molecule has 0 aliphatic heterocycles. The molecular formula is C11H15N3OS2. The lowest BCUT2D eigenvalue weighted by Gasteiger charge is -2.08. The highest BCUT2D eigenvalue weighted by Crippen LogP contribution is 2.26. The molecule has 0 fully saturated rings. The molecule has 0 saturated heterocycles. The second-order valence-corrected chi connectivity index (χ2v) is 6.00. The molecule has 0 aliphatic carbocycles. The first-order chi connectivity index (χ1) is 8.24. The largest absolute Gasteiger partial charge is 0.395 e. The minimum atomic E-state index is 0.185. The maximum atomic E-state index is 8.98. The van der Waals surface area contributed by atoms with Gasteiger partial charge in [-0.1, -0.05) is 6.92 Å². The first-order valence-electron chi connectivity index (χ1n) is 5.39. The van der Waals surface area contributed by atoms with Crippen molar-refractivity contribution in [2.75, 3.05) is 19.0 Å². The van der Waals surface area contributed by atoms with Crippen molar-refractivity contribution >= 4 is 39.1 Å². The predicted octanol–water partition coefficient (Wildman–Crippen LogP) is 2.35.